The van der Waals surface area contributed by atoms with Gasteiger partial charge < -0.3 is 9.15 Å². The number of halogens is 5. The zero-order chi connectivity index (χ0) is 30.2. The van der Waals surface area contributed by atoms with E-state index in [1.807, 2.05) is 0 Å². The molecule has 0 saturated carbocycles. The van der Waals surface area contributed by atoms with Gasteiger partial charge in [0.2, 0.25) is 5.89 Å². The van der Waals surface area contributed by atoms with Crippen LogP contribution >= 0.6 is 11.6 Å². The van der Waals surface area contributed by atoms with Crippen molar-refractivity contribution in [3.63, 3.8) is 0 Å². The second-order valence-electron chi connectivity index (χ2n) is 9.50. The van der Waals surface area contributed by atoms with Gasteiger partial charge in [0.1, 0.15) is 17.7 Å². The number of sulfonamides is 1. The SMILES string of the molecule is CC(=Cc1ccc2c(c1)N(S(=O)(=O)c1cccc(C(F)(F)F)c1)C[C@H](CCc1n[nH]c(=O)o1)O2)c1c(F)cccc1Cl. The number of allylic oxidation sites excluding steroid dienone is 1. The van der Waals surface area contributed by atoms with E-state index < -0.39 is 44.3 Å². The summed E-state index contributed by atoms with van der Waals surface area (Å²) in [4.78, 5) is 10.7. The van der Waals surface area contributed by atoms with Crippen LogP contribution in [0.5, 0.6) is 5.75 Å². The van der Waals surface area contributed by atoms with Crippen LogP contribution in [0.1, 0.15) is 35.9 Å². The van der Waals surface area contributed by atoms with E-state index >= 15 is 0 Å². The van der Waals surface area contributed by atoms with Crippen molar-refractivity contribution < 1.29 is 35.1 Å². The number of hydrogen-bond acceptors (Lipinski definition) is 6. The summed E-state index contributed by atoms with van der Waals surface area (Å²) in [7, 11) is -4.52. The molecule has 220 valence electrons. The topological polar surface area (TPSA) is 106 Å². The lowest BCUT2D eigenvalue weighted by Gasteiger charge is -2.35. The maximum Gasteiger partial charge on any atom is 0.434 e. The van der Waals surface area contributed by atoms with Crippen LogP contribution in [0.15, 0.2) is 74.8 Å². The number of alkyl halides is 3. The summed E-state index contributed by atoms with van der Waals surface area (Å²) in [6, 6.07) is 12.4. The number of nitrogens with zero attached hydrogens (tertiary/aromatic N) is 2. The van der Waals surface area contributed by atoms with Gasteiger partial charge in [0, 0.05) is 12.0 Å². The van der Waals surface area contributed by atoms with Crippen molar-refractivity contribution in [1.82, 2.24) is 10.2 Å². The fourth-order valence-corrected chi connectivity index (χ4v) is 6.46. The van der Waals surface area contributed by atoms with Gasteiger partial charge in [-0.05, 0) is 66.9 Å². The van der Waals surface area contributed by atoms with E-state index in [0.29, 0.717) is 17.2 Å². The first-order chi connectivity index (χ1) is 19.8. The van der Waals surface area contributed by atoms with Gasteiger partial charge in [-0.15, -0.1) is 5.10 Å². The second kappa shape index (κ2) is 11.3. The van der Waals surface area contributed by atoms with E-state index in [1.165, 1.54) is 30.3 Å². The van der Waals surface area contributed by atoms with E-state index in [-0.39, 0.29) is 47.3 Å². The Hall–Kier alpha value is -4.10. The van der Waals surface area contributed by atoms with E-state index in [2.05, 4.69) is 10.2 Å². The smallest absolute Gasteiger partial charge is 0.434 e. The lowest BCUT2D eigenvalue weighted by atomic mass is 10.0. The van der Waals surface area contributed by atoms with Crippen molar-refractivity contribution >= 4 is 39.0 Å². The molecule has 1 aromatic heterocycles. The summed E-state index contributed by atoms with van der Waals surface area (Å²) in [5, 5.41) is 6.05. The van der Waals surface area contributed by atoms with Crippen molar-refractivity contribution in [2.24, 2.45) is 0 Å². The van der Waals surface area contributed by atoms with Crippen LogP contribution in [-0.4, -0.2) is 31.3 Å². The Balaban J connectivity index is 1.55. The average molecular weight is 624 g/mol. The normalized spacial score (nSPS) is 15.8. The Morgan fingerprint density at radius 3 is 2.62 bits per heavy atom. The molecular weight excluding hydrogens is 602 g/mol. The number of benzene rings is 3. The van der Waals surface area contributed by atoms with Gasteiger partial charge in [-0.3, -0.25) is 4.31 Å². The summed E-state index contributed by atoms with van der Waals surface area (Å²) in [5.74, 6) is -1.04. The number of aryl methyl sites for hydroxylation is 1. The second-order valence-corrected chi connectivity index (χ2v) is 11.8. The number of nitrogens with one attached hydrogen (secondary N) is 1. The van der Waals surface area contributed by atoms with Crippen molar-refractivity contribution in [2.45, 2.75) is 36.9 Å². The van der Waals surface area contributed by atoms with Crippen LogP contribution in [0.2, 0.25) is 5.02 Å². The van der Waals surface area contributed by atoms with Crippen LogP contribution in [0, 0.1) is 5.82 Å². The largest absolute Gasteiger partial charge is 0.486 e. The van der Waals surface area contributed by atoms with Gasteiger partial charge in [-0.25, -0.2) is 22.7 Å². The fraction of sp³-hybridized carbons (Fsp3) is 0.214. The van der Waals surface area contributed by atoms with Crippen molar-refractivity contribution in [3.8, 4) is 5.75 Å². The van der Waals surface area contributed by atoms with E-state index in [9.17, 15) is 30.8 Å². The molecule has 4 aromatic rings. The number of ether oxygens (including phenoxy) is 1. The molecule has 8 nitrogen and oxygen atoms in total. The summed E-state index contributed by atoms with van der Waals surface area (Å²) < 4.78 is 94.4. The molecule has 0 saturated heterocycles. The van der Waals surface area contributed by atoms with Crippen LogP contribution in [0.3, 0.4) is 0 Å². The minimum atomic E-state index is -4.76. The summed E-state index contributed by atoms with van der Waals surface area (Å²) >= 11 is 6.19. The standard InChI is InChI=1S/C28H22ClF4N3O5S/c1-16(26-21(29)6-3-7-22(26)30)12-17-8-10-24-23(13-17)36(15-19(40-24)9-11-25-34-35-27(37)41-25)42(38,39)20-5-2-4-18(14-20)28(31,32)33/h2-8,10,12-14,19H,9,11,15H2,1H3,(H,35,37)/t19-/m0/s1. The Morgan fingerprint density at radius 1 is 1.17 bits per heavy atom. The Bertz CT molecular complexity index is 1820. The molecule has 0 fully saturated rings. The van der Waals surface area contributed by atoms with E-state index in [0.717, 1.165) is 22.5 Å². The molecule has 1 aliphatic heterocycles. The number of rotatable bonds is 7. The highest BCUT2D eigenvalue weighted by atomic mass is 35.5. The molecule has 0 spiro atoms. The lowest BCUT2D eigenvalue weighted by molar-refractivity contribution is -0.137. The molecule has 1 atom stereocenters. The molecule has 0 bridgehead atoms. The third-order valence-corrected chi connectivity index (χ3v) is 8.66. The van der Waals surface area contributed by atoms with Crippen LogP contribution < -0.4 is 14.8 Å². The monoisotopic (exact) mass is 623 g/mol. The predicted molar refractivity (Wildman–Crippen MR) is 147 cm³/mol. The highest BCUT2D eigenvalue weighted by molar-refractivity contribution is 7.92. The first-order valence-electron chi connectivity index (χ1n) is 12.5. The van der Waals surface area contributed by atoms with Gasteiger partial charge in [-0.2, -0.15) is 13.2 Å². The number of hydrogen-bond donors (Lipinski definition) is 1. The Kier molecular flexibility index (Phi) is 7.90. The predicted octanol–water partition coefficient (Wildman–Crippen LogP) is 6.32. The van der Waals surface area contributed by atoms with Gasteiger partial charge in [0.05, 0.1) is 27.7 Å². The van der Waals surface area contributed by atoms with E-state index in [4.69, 9.17) is 20.8 Å². The molecule has 1 N–H and O–H groups in total. The number of H-pyrrole nitrogens is 1. The molecule has 42 heavy (non-hydrogen) atoms. The molecule has 5 rings (SSSR count). The molecule has 14 heteroatoms. The van der Waals surface area contributed by atoms with Gasteiger partial charge in [-0.1, -0.05) is 35.9 Å². The number of aromatic amines is 1. The minimum absolute atomic E-state index is 0.0798. The maximum absolute atomic E-state index is 14.5. The molecule has 1 aliphatic rings. The maximum atomic E-state index is 14.5. The molecule has 0 aliphatic carbocycles. The minimum Gasteiger partial charge on any atom is -0.486 e. The molecule has 0 amide bonds. The Labute approximate surface area is 242 Å². The highest BCUT2D eigenvalue weighted by Crippen LogP contribution is 2.40. The van der Waals surface area contributed by atoms with E-state index in [1.54, 1.807) is 19.1 Å². The Morgan fingerprint density at radius 2 is 1.93 bits per heavy atom. The molecular formula is C28H22ClF4N3O5S. The highest BCUT2D eigenvalue weighted by Gasteiger charge is 2.37. The average Bonchev–Trinajstić information content (AvgIpc) is 3.36. The number of fused-ring (bicyclic) bond motifs is 1. The first-order valence-corrected chi connectivity index (χ1v) is 14.3. The quantitative estimate of drug-likeness (QED) is 0.191. The lowest BCUT2D eigenvalue weighted by Crippen LogP contribution is -2.43. The third-order valence-electron chi connectivity index (χ3n) is 6.57. The van der Waals surface area contributed by atoms with Crippen LogP contribution in [0.25, 0.3) is 11.6 Å². The summed E-state index contributed by atoms with van der Waals surface area (Å²) in [6.45, 7) is 1.38. The van der Waals surface area contributed by atoms with Crippen LogP contribution in [0.4, 0.5) is 23.2 Å². The molecule has 0 unspecified atom stereocenters. The zero-order valence-electron chi connectivity index (χ0n) is 21.8. The molecule has 3 aromatic carbocycles. The van der Waals surface area contributed by atoms with Gasteiger partial charge in [0.25, 0.3) is 10.0 Å². The number of aromatic nitrogens is 2. The van der Waals surface area contributed by atoms with Gasteiger partial charge >= 0.3 is 11.9 Å². The molecule has 2 heterocycles. The summed E-state index contributed by atoms with van der Waals surface area (Å²) in [6.07, 6.45) is -3.62. The van der Waals surface area contributed by atoms with Crippen LogP contribution in [-0.2, 0) is 22.6 Å². The molecule has 0 radical (unpaired) electrons. The fourth-order valence-electron chi connectivity index (χ4n) is 4.61. The first kappa shape index (κ1) is 29.4. The summed E-state index contributed by atoms with van der Waals surface area (Å²) in [5.41, 5.74) is 0.0645. The van der Waals surface area contributed by atoms with Crippen molar-refractivity contribution in [3.05, 3.63) is 105 Å². The number of anilines is 1. The van der Waals surface area contributed by atoms with Gasteiger partial charge in [0.15, 0.2) is 0 Å². The van der Waals surface area contributed by atoms with Crippen molar-refractivity contribution in [1.29, 1.82) is 0 Å². The van der Waals surface area contributed by atoms with Crippen molar-refractivity contribution in [2.75, 3.05) is 10.8 Å². The zero-order valence-corrected chi connectivity index (χ0v) is 23.4. The third kappa shape index (κ3) is 6.07.